The minimum Gasteiger partial charge on any atom is -0.349 e. The molecule has 3 nitrogen and oxygen atoms in total. The number of nitrogens with zero attached hydrogens (tertiary/aromatic N) is 1. The first kappa shape index (κ1) is 21.7. The molecule has 1 saturated heterocycles. The summed E-state index contributed by atoms with van der Waals surface area (Å²) in [6.45, 7) is 2.26. The highest BCUT2D eigenvalue weighted by molar-refractivity contribution is 4.82. The molecule has 150 valence electrons. The molecule has 3 atom stereocenters. The zero-order chi connectivity index (χ0) is 18.5. The van der Waals surface area contributed by atoms with E-state index < -0.39 is 0 Å². The van der Waals surface area contributed by atoms with Crippen molar-refractivity contribution in [3.63, 3.8) is 0 Å². The number of fused-ring (bicyclic) bond motifs is 2. The number of hydrogen-bond donors (Lipinski definition) is 0. The summed E-state index contributed by atoms with van der Waals surface area (Å²) >= 11 is 0. The van der Waals surface area contributed by atoms with Crippen LogP contribution in [0.1, 0.15) is 116 Å². The van der Waals surface area contributed by atoms with E-state index in [-0.39, 0.29) is 12.2 Å². The molecule has 26 heavy (non-hydrogen) atoms. The average Bonchev–Trinajstić information content (AvgIpc) is 2.65. The number of nitriles is 1. The quantitative estimate of drug-likeness (QED) is 0.315. The van der Waals surface area contributed by atoms with Crippen LogP contribution in [-0.2, 0) is 9.47 Å². The second kappa shape index (κ2) is 13.6. The van der Waals surface area contributed by atoms with Crippen LogP contribution in [0.3, 0.4) is 0 Å². The third-order valence-electron chi connectivity index (χ3n) is 6.10. The predicted molar refractivity (Wildman–Crippen MR) is 107 cm³/mol. The van der Waals surface area contributed by atoms with Crippen molar-refractivity contribution in [2.75, 3.05) is 0 Å². The fourth-order valence-corrected chi connectivity index (χ4v) is 4.45. The summed E-state index contributed by atoms with van der Waals surface area (Å²) in [6.07, 6.45) is 21.8. The zero-order valence-corrected chi connectivity index (χ0v) is 17.1. The summed E-state index contributed by atoms with van der Waals surface area (Å²) < 4.78 is 12.1. The second-order valence-electron chi connectivity index (χ2n) is 8.49. The lowest BCUT2D eigenvalue weighted by atomic mass is 9.93. The van der Waals surface area contributed by atoms with Crippen molar-refractivity contribution >= 4 is 0 Å². The van der Waals surface area contributed by atoms with Crippen LogP contribution < -0.4 is 0 Å². The molecule has 0 radical (unpaired) electrons. The Hall–Kier alpha value is -0.590. The molecule has 0 aromatic carbocycles. The van der Waals surface area contributed by atoms with Crippen molar-refractivity contribution in [2.45, 2.75) is 135 Å². The summed E-state index contributed by atoms with van der Waals surface area (Å²) in [5, 5.41) is 9.36. The van der Waals surface area contributed by atoms with Gasteiger partial charge in [0.05, 0.1) is 18.3 Å². The van der Waals surface area contributed by atoms with Gasteiger partial charge in [-0.25, -0.2) is 0 Å². The average molecular weight is 364 g/mol. The van der Waals surface area contributed by atoms with Crippen LogP contribution in [0, 0.1) is 17.2 Å². The van der Waals surface area contributed by atoms with Gasteiger partial charge in [-0.15, -0.1) is 0 Å². The van der Waals surface area contributed by atoms with Gasteiger partial charge in [-0.2, -0.15) is 5.26 Å². The summed E-state index contributed by atoms with van der Waals surface area (Å²) in [6, 6.07) is 2.53. The van der Waals surface area contributed by atoms with Crippen LogP contribution in [0.2, 0.25) is 0 Å². The van der Waals surface area contributed by atoms with Crippen LogP contribution in [0.15, 0.2) is 0 Å². The van der Waals surface area contributed by atoms with Crippen LogP contribution in [0.4, 0.5) is 0 Å². The van der Waals surface area contributed by atoms with Gasteiger partial charge in [0, 0.05) is 5.92 Å². The lowest BCUT2D eigenvalue weighted by molar-refractivity contribution is -0.258. The Labute approximate surface area is 161 Å². The lowest BCUT2D eigenvalue weighted by Crippen LogP contribution is -2.41. The van der Waals surface area contributed by atoms with E-state index in [2.05, 4.69) is 13.0 Å². The zero-order valence-electron chi connectivity index (χ0n) is 17.1. The molecule has 3 heteroatoms. The topological polar surface area (TPSA) is 42.2 Å². The molecular weight excluding hydrogens is 322 g/mol. The Bertz CT molecular complexity index is 380. The SMILES string of the molecule is CCCCCCCCCC(C#N)CCCCCC1OC2CCCC(C2)O1. The van der Waals surface area contributed by atoms with Gasteiger partial charge >= 0.3 is 0 Å². The van der Waals surface area contributed by atoms with Crippen LogP contribution >= 0.6 is 0 Å². The van der Waals surface area contributed by atoms with Gasteiger partial charge < -0.3 is 9.47 Å². The minimum absolute atomic E-state index is 0.0403. The molecule has 2 rings (SSSR count). The molecule has 0 amide bonds. The van der Waals surface area contributed by atoms with Gasteiger partial charge in [0.2, 0.25) is 0 Å². The highest BCUT2D eigenvalue weighted by atomic mass is 16.7. The largest absolute Gasteiger partial charge is 0.349 e. The molecule has 2 bridgehead atoms. The summed E-state index contributed by atoms with van der Waals surface area (Å²) in [5.74, 6) is 0.271. The molecule has 1 aliphatic heterocycles. The molecular formula is C23H41NO2. The standard InChI is InChI=1S/C23H41NO2/c1-2-3-4-5-6-7-9-13-20(19-24)14-10-8-11-17-23-25-21-15-12-16-22(18-21)26-23/h20-23H,2-18H2,1H3. The highest BCUT2D eigenvalue weighted by Gasteiger charge is 2.32. The summed E-state index contributed by atoms with van der Waals surface area (Å²) in [5.41, 5.74) is 0. The predicted octanol–water partition coefficient (Wildman–Crippen LogP) is 6.90. The molecule has 1 saturated carbocycles. The van der Waals surface area contributed by atoms with Gasteiger partial charge in [0.25, 0.3) is 0 Å². The molecule has 0 spiro atoms. The fraction of sp³-hybridized carbons (Fsp3) is 0.957. The third-order valence-corrected chi connectivity index (χ3v) is 6.10. The van der Waals surface area contributed by atoms with Crippen LogP contribution in [-0.4, -0.2) is 18.5 Å². The third kappa shape index (κ3) is 8.87. The molecule has 0 N–H and O–H groups in total. The van der Waals surface area contributed by atoms with Crippen molar-refractivity contribution in [1.82, 2.24) is 0 Å². The Morgan fingerprint density at radius 1 is 0.846 bits per heavy atom. The highest BCUT2D eigenvalue weighted by Crippen LogP contribution is 2.32. The van der Waals surface area contributed by atoms with E-state index in [0.717, 1.165) is 25.7 Å². The first-order valence-electron chi connectivity index (χ1n) is 11.5. The molecule has 2 fully saturated rings. The monoisotopic (exact) mass is 363 g/mol. The van der Waals surface area contributed by atoms with Gasteiger partial charge in [-0.3, -0.25) is 0 Å². The summed E-state index contributed by atoms with van der Waals surface area (Å²) in [4.78, 5) is 0. The number of hydrogen-bond acceptors (Lipinski definition) is 3. The van der Waals surface area contributed by atoms with Crippen molar-refractivity contribution in [1.29, 1.82) is 5.26 Å². The molecule has 0 aromatic heterocycles. The maximum absolute atomic E-state index is 9.36. The Morgan fingerprint density at radius 3 is 2.04 bits per heavy atom. The number of unbranched alkanes of at least 4 members (excludes halogenated alkanes) is 8. The van der Waals surface area contributed by atoms with Crippen molar-refractivity contribution in [3.8, 4) is 6.07 Å². The van der Waals surface area contributed by atoms with Crippen LogP contribution in [0.5, 0.6) is 0 Å². The minimum atomic E-state index is 0.0403. The van der Waals surface area contributed by atoms with Gasteiger partial charge in [0.1, 0.15) is 0 Å². The normalized spacial score (nSPS) is 26.4. The Kier molecular flexibility index (Phi) is 11.3. The van der Waals surface area contributed by atoms with E-state index in [4.69, 9.17) is 9.47 Å². The second-order valence-corrected chi connectivity index (χ2v) is 8.49. The summed E-state index contributed by atoms with van der Waals surface area (Å²) in [7, 11) is 0. The molecule has 1 heterocycles. The lowest BCUT2D eigenvalue weighted by Gasteiger charge is -2.39. The smallest absolute Gasteiger partial charge is 0.158 e. The van der Waals surface area contributed by atoms with E-state index in [1.54, 1.807) is 0 Å². The van der Waals surface area contributed by atoms with E-state index in [0.29, 0.717) is 12.2 Å². The van der Waals surface area contributed by atoms with Gasteiger partial charge in [-0.1, -0.05) is 64.7 Å². The maximum atomic E-state index is 9.36. The van der Waals surface area contributed by atoms with Crippen molar-refractivity contribution in [2.24, 2.45) is 5.92 Å². The van der Waals surface area contributed by atoms with Crippen molar-refractivity contribution < 1.29 is 9.47 Å². The molecule has 3 unspecified atom stereocenters. The molecule has 2 aliphatic rings. The van der Waals surface area contributed by atoms with E-state index in [1.807, 2.05) is 0 Å². The Balaban J connectivity index is 1.43. The fourth-order valence-electron chi connectivity index (χ4n) is 4.45. The molecule has 1 aliphatic carbocycles. The van der Waals surface area contributed by atoms with Crippen LogP contribution in [0.25, 0.3) is 0 Å². The van der Waals surface area contributed by atoms with Gasteiger partial charge in [0.15, 0.2) is 6.29 Å². The number of rotatable bonds is 14. The van der Waals surface area contributed by atoms with E-state index in [1.165, 1.54) is 83.5 Å². The van der Waals surface area contributed by atoms with E-state index in [9.17, 15) is 5.26 Å². The van der Waals surface area contributed by atoms with Gasteiger partial charge in [-0.05, 0) is 51.4 Å². The first-order chi connectivity index (χ1) is 12.8. The van der Waals surface area contributed by atoms with Crippen molar-refractivity contribution in [3.05, 3.63) is 0 Å². The number of ether oxygens (including phenoxy) is 2. The molecule has 0 aromatic rings. The Morgan fingerprint density at radius 2 is 1.42 bits per heavy atom. The first-order valence-corrected chi connectivity index (χ1v) is 11.5. The van der Waals surface area contributed by atoms with E-state index >= 15 is 0 Å². The maximum Gasteiger partial charge on any atom is 0.158 e.